The van der Waals surface area contributed by atoms with E-state index in [-0.39, 0.29) is 22.8 Å². The number of nitro benzene ring substituents is 1. The Morgan fingerprint density at radius 1 is 1.15 bits per heavy atom. The SMILES string of the molecule is C#Cc1cccc(NC(=O)c2cc(OC)c(OC)c(OC)c2[N+](=O)[O-])c1. The van der Waals surface area contributed by atoms with Crippen molar-refractivity contribution >= 4 is 17.3 Å². The van der Waals surface area contributed by atoms with Gasteiger partial charge in [0.15, 0.2) is 5.75 Å². The molecule has 134 valence electrons. The standard InChI is InChI=1S/C18H16N2O6/c1-5-11-7-6-8-12(9-11)19-18(21)13-10-14(24-2)16(25-3)17(26-4)15(13)20(22)23/h1,6-10H,2-4H3,(H,19,21). The van der Waals surface area contributed by atoms with Gasteiger partial charge in [0, 0.05) is 17.3 Å². The molecule has 0 bridgehead atoms. The highest BCUT2D eigenvalue weighted by molar-refractivity contribution is 6.08. The molecule has 8 heteroatoms. The molecule has 0 aliphatic rings. The third kappa shape index (κ3) is 3.52. The van der Waals surface area contributed by atoms with Crippen molar-refractivity contribution in [3.63, 3.8) is 0 Å². The fraction of sp³-hybridized carbons (Fsp3) is 0.167. The number of benzene rings is 2. The lowest BCUT2D eigenvalue weighted by Crippen LogP contribution is -2.15. The highest BCUT2D eigenvalue weighted by atomic mass is 16.6. The second kappa shape index (κ2) is 7.90. The summed E-state index contributed by atoms with van der Waals surface area (Å²) in [5.74, 6) is 1.66. The molecule has 0 spiro atoms. The molecule has 26 heavy (non-hydrogen) atoms. The first-order valence-electron chi connectivity index (χ1n) is 7.32. The van der Waals surface area contributed by atoms with Crippen LogP contribution in [0.1, 0.15) is 15.9 Å². The monoisotopic (exact) mass is 356 g/mol. The summed E-state index contributed by atoms with van der Waals surface area (Å²) in [4.78, 5) is 23.5. The number of amides is 1. The maximum Gasteiger partial charge on any atom is 0.327 e. The number of nitrogens with one attached hydrogen (secondary N) is 1. The highest BCUT2D eigenvalue weighted by Gasteiger charge is 2.32. The summed E-state index contributed by atoms with van der Waals surface area (Å²) in [5, 5.41) is 14.1. The highest BCUT2D eigenvalue weighted by Crippen LogP contribution is 2.46. The van der Waals surface area contributed by atoms with Crippen LogP contribution >= 0.6 is 0 Å². The second-order valence-corrected chi connectivity index (χ2v) is 4.98. The zero-order valence-corrected chi connectivity index (χ0v) is 14.4. The number of carbonyl (C=O) groups excluding carboxylic acids is 1. The van der Waals surface area contributed by atoms with E-state index in [1.54, 1.807) is 24.3 Å². The summed E-state index contributed by atoms with van der Waals surface area (Å²) >= 11 is 0. The van der Waals surface area contributed by atoms with E-state index in [1.807, 2.05) is 0 Å². The van der Waals surface area contributed by atoms with E-state index in [9.17, 15) is 14.9 Å². The number of nitrogens with zero attached hydrogens (tertiary/aromatic N) is 1. The number of hydrogen-bond donors (Lipinski definition) is 1. The topological polar surface area (TPSA) is 99.9 Å². The molecule has 0 unspecified atom stereocenters. The number of rotatable bonds is 6. The fourth-order valence-corrected chi connectivity index (χ4v) is 2.38. The van der Waals surface area contributed by atoms with Gasteiger partial charge in [-0.1, -0.05) is 12.0 Å². The maximum absolute atomic E-state index is 12.7. The molecule has 0 aliphatic carbocycles. The first kappa shape index (κ1) is 18.6. The van der Waals surface area contributed by atoms with Gasteiger partial charge in [0.1, 0.15) is 5.56 Å². The van der Waals surface area contributed by atoms with Gasteiger partial charge < -0.3 is 19.5 Å². The van der Waals surface area contributed by atoms with Gasteiger partial charge in [-0.2, -0.15) is 0 Å². The van der Waals surface area contributed by atoms with Crippen LogP contribution < -0.4 is 19.5 Å². The Labute approximate surface area is 149 Å². The van der Waals surface area contributed by atoms with Gasteiger partial charge in [-0.15, -0.1) is 6.42 Å². The lowest BCUT2D eigenvalue weighted by molar-refractivity contribution is -0.386. The average Bonchev–Trinajstić information content (AvgIpc) is 2.65. The molecule has 1 N–H and O–H groups in total. The molecule has 1 amide bonds. The zero-order valence-electron chi connectivity index (χ0n) is 14.4. The Balaban J connectivity index is 2.58. The van der Waals surface area contributed by atoms with Crippen LogP contribution in [0.3, 0.4) is 0 Å². The van der Waals surface area contributed by atoms with Gasteiger partial charge in [-0.3, -0.25) is 14.9 Å². The first-order chi connectivity index (χ1) is 12.5. The molecule has 2 aromatic rings. The minimum Gasteiger partial charge on any atom is -0.493 e. The molecule has 8 nitrogen and oxygen atoms in total. The average molecular weight is 356 g/mol. The van der Waals surface area contributed by atoms with Gasteiger partial charge in [-0.25, -0.2) is 0 Å². The summed E-state index contributed by atoms with van der Waals surface area (Å²) in [6.07, 6.45) is 5.33. The fourth-order valence-electron chi connectivity index (χ4n) is 2.38. The summed E-state index contributed by atoms with van der Waals surface area (Å²) in [6.45, 7) is 0. The van der Waals surface area contributed by atoms with Crippen LogP contribution in [-0.4, -0.2) is 32.2 Å². The van der Waals surface area contributed by atoms with Crippen molar-refractivity contribution < 1.29 is 23.9 Å². The molecule has 0 atom stereocenters. The van der Waals surface area contributed by atoms with Crippen LogP contribution in [0.15, 0.2) is 30.3 Å². The van der Waals surface area contributed by atoms with E-state index < -0.39 is 16.5 Å². The number of terminal acetylenes is 1. The van der Waals surface area contributed by atoms with Gasteiger partial charge in [0.25, 0.3) is 5.91 Å². The van der Waals surface area contributed by atoms with Crippen LogP contribution in [-0.2, 0) is 0 Å². The number of anilines is 1. The Morgan fingerprint density at radius 2 is 1.85 bits per heavy atom. The normalized spacial score (nSPS) is 9.77. The van der Waals surface area contributed by atoms with Crippen molar-refractivity contribution in [2.24, 2.45) is 0 Å². The van der Waals surface area contributed by atoms with Gasteiger partial charge in [0.2, 0.25) is 11.5 Å². The number of carbonyl (C=O) groups is 1. The molecule has 0 saturated heterocycles. The predicted octanol–water partition coefficient (Wildman–Crippen LogP) is 2.85. The van der Waals surface area contributed by atoms with Gasteiger partial charge in [0.05, 0.1) is 26.3 Å². The third-order valence-corrected chi connectivity index (χ3v) is 3.52. The van der Waals surface area contributed by atoms with E-state index in [1.165, 1.54) is 27.4 Å². The van der Waals surface area contributed by atoms with E-state index >= 15 is 0 Å². The number of methoxy groups -OCH3 is 3. The second-order valence-electron chi connectivity index (χ2n) is 4.98. The molecule has 0 aliphatic heterocycles. The minimum atomic E-state index is -0.717. The molecule has 0 aromatic heterocycles. The summed E-state index contributed by atoms with van der Waals surface area (Å²) in [7, 11) is 3.90. The van der Waals surface area contributed by atoms with E-state index in [0.717, 1.165) is 0 Å². The lowest BCUT2D eigenvalue weighted by atomic mass is 10.1. The summed E-state index contributed by atoms with van der Waals surface area (Å²) < 4.78 is 15.4. The minimum absolute atomic E-state index is 0.0209. The Kier molecular flexibility index (Phi) is 5.65. The first-order valence-corrected chi connectivity index (χ1v) is 7.32. The van der Waals surface area contributed by atoms with Crippen molar-refractivity contribution in [2.75, 3.05) is 26.6 Å². The number of hydrogen-bond acceptors (Lipinski definition) is 6. The zero-order chi connectivity index (χ0) is 19.3. The molecule has 0 saturated carbocycles. The van der Waals surface area contributed by atoms with E-state index in [2.05, 4.69) is 11.2 Å². The molecule has 0 heterocycles. The summed E-state index contributed by atoms with van der Waals surface area (Å²) in [5.41, 5.74) is 0.182. The molecule has 0 fully saturated rings. The largest absolute Gasteiger partial charge is 0.493 e. The number of nitro groups is 1. The van der Waals surface area contributed by atoms with Crippen molar-refractivity contribution in [3.8, 4) is 29.6 Å². The van der Waals surface area contributed by atoms with Crippen molar-refractivity contribution in [1.29, 1.82) is 0 Å². The number of ether oxygens (including phenoxy) is 3. The maximum atomic E-state index is 12.7. The Morgan fingerprint density at radius 3 is 2.38 bits per heavy atom. The van der Waals surface area contributed by atoms with Crippen LogP contribution in [0.25, 0.3) is 0 Å². The molecule has 2 rings (SSSR count). The van der Waals surface area contributed by atoms with Crippen LogP contribution in [0.5, 0.6) is 17.2 Å². The van der Waals surface area contributed by atoms with Crippen molar-refractivity contribution in [2.45, 2.75) is 0 Å². The van der Waals surface area contributed by atoms with Crippen molar-refractivity contribution in [1.82, 2.24) is 0 Å². The summed E-state index contributed by atoms with van der Waals surface area (Å²) in [6, 6.07) is 7.76. The van der Waals surface area contributed by atoms with Gasteiger partial charge in [-0.05, 0) is 18.2 Å². The van der Waals surface area contributed by atoms with Crippen LogP contribution in [0, 0.1) is 22.5 Å². The smallest absolute Gasteiger partial charge is 0.327 e. The van der Waals surface area contributed by atoms with E-state index in [4.69, 9.17) is 20.6 Å². The molecule has 2 aromatic carbocycles. The Bertz CT molecular complexity index is 901. The van der Waals surface area contributed by atoms with Crippen molar-refractivity contribution in [3.05, 3.63) is 51.6 Å². The predicted molar refractivity (Wildman–Crippen MR) is 95.1 cm³/mol. The molecular formula is C18H16N2O6. The van der Waals surface area contributed by atoms with Crippen LogP contribution in [0.2, 0.25) is 0 Å². The lowest BCUT2D eigenvalue weighted by Gasteiger charge is -2.15. The van der Waals surface area contributed by atoms with E-state index in [0.29, 0.717) is 11.3 Å². The molecular weight excluding hydrogens is 340 g/mol. The Hall–Kier alpha value is -3.73. The third-order valence-electron chi connectivity index (χ3n) is 3.52. The molecule has 0 radical (unpaired) electrons. The van der Waals surface area contributed by atoms with Crippen LogP contribution in [0.4, 0.5) is 11.4 Å². The quantitative estimate of drug-likeness (QED) is 0.485. The van der Waals surface area contributed by atoms with Gasteiger partial charge >= 0.3 is 5.69 Å².